The van der Waals surface area contributed by atoms with E-state index >= 15 is 0 Å². The van der Waals surface area contributed by atoms with Crippen LogP contribution in [0.4, 0.5) is 0 Å². The summed E-state index contributed by atoms with van der Waals surface area (Å²) in [7, 11) is 0. The highest BCUT2D eigenvalue weighted by atomic mass is 16.4. The van der Waals surface area contributed by atoms with Gasteiger partial charge in [0, 0.05) is 17.5 Å². The molecule has 1 aromatic heterocycles. The van der Waals surface area contributed by atoms with Crippen molar-refractivity contribution in [2.24, 2.45) is 0 Å². The lowest BCUT2D eigenvalue weighted by atomic mass is 10.0. The average Bonchev–Trinajstić information content (AvgIpc) is 2.78. The first-order chi connectivity index (χ1) is 9.92. The van der Waals surface area contributed by atoms with Crippen molar-refractivity contribution < 1.29 is 19.1 Å². The number of nitrogens with zero attached hydrogens (tertiary/aromatic N) is 1. The molecule has 1 N–H and O–H groups in total. The maximum atomic E-state index is 12.2. The van der Waals surface area contributed by atoms with E-state index in [2.05, 4.69) is 0 Å². The molecule has 0 radical (unpaired) electrons. The molecule has 112 valence electrons. The van der Waals surface area contributed by atoms with Crippen LogP contribution in [0.15, 0.2) is 22.8 Å². The molecular formula is C16H19NO4. The number of fused-ring (bicyclic) bond motifs is 1. The number of hydrogen-bond acceptors (Lipinski definition) is 3. The van der Waals surface area contributed by atoms with Crippen LogP contribution in [-0.2, 0) is 16.0 Å². The number of benzene rings is 1. The third-order valence-electron chi connectivity index (χ3n) is 3.67. The van der Waals surface area contributed by atoms with Crippen LogP contribution in [0.1, 0.15) is 23.6 Å². The maximum absolute atomic E-state index is 12.2. The Labute approximate surface area is 123 Å². The van der Waals surface area contributed by atoms with Crippen LogP contribution in [0.25, 0.3) is 11.0 Å². The van der Waals surface area contributed by atoms with Gasteiger partial charge in [0.2, 0.25) is 5.91 Å². The molecule has 2 aromatic rings. The Morgan fingerprint density at radius 3 is 2.52 bits per heavy atom. The first-order valence-corrected chi connectivity index (χ1v) is 6.89. The number of aryl methyl sites for hydroxylation is 2. The third-order valence-corrected chi connectivity index (χ3v) is 3.67. The van der Waals surface area contributed by atoms with Crippen molar-refractivity contribution in [3.8, 4) is 0 Å². The molecule has 5 nitrogen and oxygen atoms in total. The molecule has 1 aromatic carbocycles. The predicted molar refractivity (Wildman–Crippen MR) is 79.3 cm³/mol. The number of carboxylic acid groups (broad SMARTS) is 1. The zero-order valence-corrected chi connectivity index (χ0v) is 12.5. The number of likely N-dealkylation sites (N-methyl/N-ethyl adjacent to an activating group) is 1. The molecular weight excluding hydrogens is 270 g/mol. The summed E-state index contributed by atoms with van der Waals surface area (Å²) in [6, 6.07) is 3.96. The van der Waals surface area contributed by atoms with Crippen molar-refractivity contribution in [2.45, 2.75) is 27.2 Å². The van der Waals surface area contributed by atoms with E-state index in [9.17, 15) is 9.59 Å². The molecule has 2 rings (SSSR count). The Bertz CT molecular complexity index is 687. The molecule has 0 aliphatic heterocycles. The van der Waals surface area contributed by atoms with Crippen molar-refractivity contribution in [1.29, 1.82) is 0 Å². The van der Waals surface area contributed by atoms with Crippen molar-refractivity contribution in [3.63, 3.8) is 0 Å². The first kappa shape index (κ1) is 15.1. The molecule has 0 saturated carbocycles. The summed E-state index contributed by atoms with van der Waals surface area (Å²) in [5, 5.41) is 9.73. The standard InChI is InChI=1S/C16H19NO4/c1-4-17(8-16(19)20)15(18)7-12-9-21-14-6-11(3)10(2)5-13(12)14/h5-6,9H,4,7-8H2,1-3H3,(H,19,20). The smallest absolute Gasteiger partial charge is 0.323 e. The second-order valence-corrected chi connectivity index (χ2v) is 5.17. The number of rotatable bonds is 5. The summed E-state index contributed by atoms with van der Waals surface area (Å²) in [5.41, 5.74) is 3.82. The molecule has 1 heterocycles. The molecule has 21 heavy (non-hydrogen) atoms. The van der Waals surface area contributed by atoms with Crippen LogP contribution < -0.4 is 0 Å². The second kappa shape index (κ2) is 5.99. The molecule has 0 fully saturated rings. The van der Waals surface area contributed by atoms with Crippen LogP contribution >= 0.6 is 0 Å². The fourth-order valence-corrected chi connectivity index (χ4v) is 2.29. The summed E-state index contributed by atoms with van der Waals surface area (Å²) in [4.78, 5) is 24.3. The molecule has 0 aliphatic carbocycles. The van der Waals surface area contributed by atoms with Crippen LogP contribution in [0, 0.1) is 13.8 Å². The lowest BCUT2D eigenvalue weighted by molar-refractivity contribution is -0.144. The number of carbonyl (C=O) groups is 2. The van der Waals surface area contributed by atoms with E-state index in [1.54, 1.807) is 13.2 Å². The van der Waals surface area contributed by atoms with E-state index in [0.717, 1.165) is 27.7 Å². The number of amides is 1. The Morgan fingerprint density at radius 1 is 1.24 bits per heavy atom. The maximum Gasteiger partial charge on any atom is 0.323 e. The molecule has 5 heteroatoms. The lowest BCUT2D eigenvalue weighted by Gasteiger charge is -2.18. The molecule has 0 bridgehead atoms. The summed E-state index contributed by atoms with van der Waals surface area (Å²) in [6.45, 7) is 5.88. The van der Waals surface area contributed by atoms with Gasteiger partial charge in [0.15, 0.2) is 0 Å². The van der Waals surface area contributed by atoms with E-state index in [0.29, 0.717) is 6.54 Å². The van der Waals surface area contributed by atoms with Crippen molar-refractivity contribution >= 4 is 22.8 Å². The zero-order valence-electron chi connectivity index (χ0n) is 12.5. The number of hydrogen-bond donors (Lipinski definition) is 1. The minimum absolute atomic E-state index is 0.149. The van der Waals surface area contributed by atoms with Gasteiger partial charge in [-0.1, -0.05) is 0 Å². The minimum Gasteiger partial charge on any atom is -0.480 e. The van der Waals surface area contributed by atoms with Gasteiger partial charge >= 0.3 is 5.97 Å². The Hall–Kier alpha value is -2.30. The summed E-state index contributed by atoms with van der Waals surface area (Å²) < 4.78 is 5.49. The average molecular weight is 289 g/mol. The highest BCUT2D eigenvalue weighted by Gasteiger charge is 2.18. The quantitative estimate of drug-likeness (QED) is 0.918. The van der Waals surface area contributed by atoms with Crippen LogP contribution in [-0.4, -0.2) is 35.0 Å². The molecule has 0 aliphatic rings. The van der Waals surface area contributed by atoms with Gasteiger partial charge in [-0.15, -0.1) is 0 Å². The van der Waals surface area contributed by atoms with Crippen molar-refractivity contribution in [2.75, 3.05) is 13.1 Å². The first-order valence-electron chi connectivity index (χ1n) is 6.89. The van der Waals surface area contributed by atoms with E-state index in [4.69, 9.17) is 9.52 Å². The van der Waals surface area contributed by atoms with Gasteiger partial charge in [-0.3, -0.25) is 9.59 Å². The van der Waals surface area contributed by atoms with E-state index in [1.807, 2.05) is 26.0 Å². The normalized spacial score (nSPS) is 10.8. The van der Waals surface area contributed by atoms with Crippen LogP contribution in [0.3, 0.4) is 0 Å². The monoisotopic (exact) mass is 289 g/mol. The van der Waals surface area contributed by atoms with Crippen LogP contribution in [0.5, 0.6) is 0 Å². The summed E-state index contributed by atoms with van der Waals surface area (Å²) >= 11 is 0. The number of aliphatic carboxylic acids is 1. The van der Waals surface area contributed by atoms with Gasteiger partial charge in [0.1, 0.15) is 12.1 Å². The SMILES string of the molecule is CCN(CC(=O)O)C(=O)Cc1coc2cc(C)c(C)cc12. The molecule has 0 atom stereocenters. The van der Waals surface area contributed by atoms with Gasteiger partial charge < -0.3 is 14.4 Å². The van der Waals surface area contributed by atoms with Gasteiger partial charge in [-0.05, 0) is 44.0 Å². The van der Waals surface area contributed by atoms with Crippen molar-refractivity contribution in [1.82, 2.24) is 4.90 Å². The van der Waals surface area contributed by atoms with Gasteiger partial charge in [0.25, 0.3) is 0 Å². The van der Waals surface area contributed by atoms with Gasteiger partial charge in [-0.2, -0.15) is 0 Å². The Kier molecular flexibility index (Phi) is 4.31. The predicted octanol–water partition coefficient (Wildman–Crippen LogP) is 2.53. The van der Waals surface area contributed by atoms with Gasteiger partial charge in [-0.25, -0.2) is 0 Å². The number of carboxylic acids is 1. The second-order valence-electron chi connectivity index (χ2n) is 5.17. The number of carbonyl (C=O) groups excluding carboxylic acids is 1. The van der Waals surface area contributed by atoms with Crippen LogP contribution in [0.2, 0.25) is 0 Å². The third kappa shape index (κ3) is 3.24. The fraction of sp³-hybridized carbons (Fsp3) is 0.375. The molecule has 0 saturated heterocycles. The molecule has 0 spiro atoms. The summed E-state index contributed by atoms with van der Waals surface area (Å²) in [5.74, 6) is -1.21. The summed E-state index contributed by atoms with van der Waals surface area (Å²) in [6.07, 6.45) is 1.73. The highest BCUT2D eigenvalue weighted by Crippen LogP contribution is 2.25. The van der Waals surface area contributed by atoms with Crippen molar-refractivity contribution in [3.05, 3.63) is 35.1 Å². The van der Waals surface area contributed by atoms with E-state index < -0.39 is 5.97 Å². The zero-order chi connectivity index (χ0) is 15.6. The largest absolute Gasteiger partial charge is 0.480 e. The Morgan fingerprint density at radius 2 is 1.90 bits per heavy atom. The molecule has 1 amide bonds. The number of furan rings is 1. The topological polar surface area (TPSA) is 70.8 Å². The Balaban J connectivity index is 2.25. The van der Waals surface area contributed by atoms with E-state index in [-0.39, 0.29) is 18.9 Å². The lowest BCUT2D eigenvalue weighted by Crippen LogP contribution is -2.36. The minimum atomic E-state index is -1.01. The van der Waals surface area contributed by atoms with E-state index in [1.165, 1.54) is 4.90 Å². The fourth-order valence-electron chi connectivity index (χ4n) is 2.29. The molecule has 0 unspecified atom stereocenters. The van der Waals surface area contributed by atoms with Gasteiger partial charge in [0.05, 0.1) is 12.7 Å². The highest BCUT2D eigenvalue weighted by molar-refractivity contribution is 5.89.